The van der Waals surface area contributed by atoms with Crippen LogP contribution in [-0.2, 0) is 47.7 Å². The van der Waals surface area contributed by atoms with Gasteiger partial charge in [0.1, 0.15) is 18.8 Å². The molecular weight excluding hydrogens is 514 g/mol. The molecule has 208 valence electrons. The number of nitro benzene ring substituents is 1. The first-order valence-corrected chi connectivity index (χ1v) is 11.2. The van der Waals surface area contributed by atoms with Gasteiger partial charge in [-0.2, -0.15) is 0 Å². The Morgan fingerprint density at radius 2 is 1.50 bits per heavy atom. The Balaban J connectivity index is 2.26. The number of nitrogens with zero attached hydrogens (tertiary/aromatic N) is 3. The van der Waals surface area contributed by atoms with Gasteiger partial charge in [-0.05, 0) is 6.07 Å². The van der Waals surface area contributed by atoms with E-state index in [2.05, 4.69) is 9.47 Å². The van der Waals surface area contributed by atoms with Gasteiger partial charge in [-0.25, -0.2) is 0 Å². The Bertz CT molecular complexity index is 1010. The molecule has 2 rings (SSSR count). The Morgan fingerprint density at radius 3 is 2.00 bits per heavy atom. The summed E-state index contributed by atoms with van der Waals surface area (Å²) in [5, 5.41) is 11.3. The summed E-state index contributed by atoms with van der Waals surface area (Å²) in [6, 6.07) is 3.35. The maximum Gasteiger partial charge on any atom is 0.328 e. The van der Waals surface area contributed by atoms with Gasteiger partial charge in [0, 0.05) is 33.0 Å². The molecule has 0 unspecified atom stereocenters. The lowest BCUT2D eigenvalue weighted by molar-refractivity contribution is -0.384. The SMILES string of the molecule is CC(=O)OCOC(=O)CN(CC(=O)OCOC(C)=O)c1ccc([N+](=O)[O-])cc1OCC(=O)N1CCOCC1. The van der Waals surface area contributed by atoms with E-state index < -0.39 is 68.0 Å². The highest BCUT2D eigenvalue weighted by Gasteiger charge is 2.24. The second kappa shape index (κ2) is 14.9. The predicted molar refractivity (Wildman–Crippen MR) is 124 cm³/mol. The Kier molecular flexibility index (Phi) is 11.7. The van der Waals surface area contributed by atoms with Crippen LogP contribution >= 0.6 is 0 Å². The monoisotopic (exact) mass is 541 g/mol. The number of nitro groups is 1. The molecule has 0 saturated carbocycles. The lowest BCUT2D eigenvalue weighted by atomic mass is 10.2. The van der Waals surface area contributed by atoms with Crippen molar-refractivity contribution in [2.75, 3.05) is 64.5 Å². The molecule has 1 heterocycles. The predicted octanol–water partition coefficient (Wildman–Crippen LogP) is -0.234. The van der Waals surface area contributed by atoms with Crippen molar-refractivity contribution in [2.45, 2.75) is 13.8 Å². The lowest BCUT2D eigenvalue weighted by Gasteiger charge is -2.28. The van der Waals surface area contributed by atoms with Gasteiger partial charge in [-0.1, -0.05) is 0 Å². The molecule has 1 aromatic rings. The molecule has 16 nitrogen and oxygen atoms in total. The van der Waals surface area contributed by atoms with Gasteiger partial charge in [-0.3, -0.25) is 34.1 Å². The molecule has 1 amide bonds. The first-order valence-electron chi connectivity index (χ1n) is 11.2. The summed E-state index contributed by atoms with van der Waals surface area (Å²) in [6.07, 6.45) is 0. The highest BCUT2D eigenvalue weighted by Crippen LogP contribution is 2.32. The maximum atomic E-state index is 12.5. The number of amides is 1. The van der Waals surface area contributed by atoms with Gasteiger partial charge in [0.2, 0.25) is 13.6 Å². The fourth-order valence-corrected chi connectivity index (χ4v) is 3.02. The minimum absolute atomic E-state index is 0.0132. The van der Waals surface area contributed by atoms with Gasteiger partial charge in [0.05, 0.1) is 29.9 Å². The fourth-order valence-electron chi connectivity index (χ4n) is 3.02. The molecule has 0 aliphatic carbocycles. The summed E-state index contributed by atoms with van der Waals surface area (Å²) in [5.74, 6) is -3.85. The van der Waals surface area contributed by atoms with Gasteiger partial charge in [-0.15, -0.1) is 0 Å². The van der Waals surface area contributed by atoms with Crippen molar-refractivity contribution in [2.24, 2.45) is 0 Å². The van der Waals surface area contributed by atoms with Gasteiger partial charge >= 0.3 is 23.9 Å². The molecule has 16 heteroatoms. The highest BCUT2D eigenvalue weighted by molar-refractivity contribution is 5.83. The van der Waals surface area contributed by atoms with E-state index in [4.69, 9.17) is 18.9 Å². The molecule has 1 aliphatic rings. The zero-order chi connectivity index (χ0) is 28.1. The third kappa shape index (κ3) is 10.3. The minimum atomic E-state index is -0.937. The molecule has 1 aliphatic heterocycles. The number of non-ortho nitro benzene ring substituents is 1. The van der Waals surface area contributed by atoms with Crippen LogP contribution in [0.4, 0.5) is 11.4 Å². The van der Waals surface area contributed by atoms with E-state index in [1.54, 1.807) is 0 Å². The smallest absolute Gasteiger partial charge is 0.328 e. The standard InChI is InChI=1S/C22H27N3O13/c1-15(26)35-13-37-21(29)10-24(11-22(30)38-14-36-16(2)27)18-4-3-17(25(31)32)9-19(18)34-12-20(28)23-5-7-33-8-6-23/h3-4,9H,5-8,10-14H2,1-2H3. The molecule has 0 radical (unpaired) electrons. The molecule has 1 fully saturated rings. The van der Waals surface area contributed by atoms with Crippen molar-refractivity contribution >= 4 is 41.2 Å². The van der Waals surface area contributed by atoms with E-state index in [-0.39, 0.29) is 17.1 Å². The van der Waals surface area contributed by atoms with Crippen LogP contribution in [0.1, 0.15) is 13.8 Å². The van der Waals surface area contributed by atoms with E-state index in [0.717, 1.165) is 30.9 Å². The normalized spacial score (nSPS) is 12.6. The van der Waals surface area contributed by atoms with Crippen LogP contribution < -0.4 is 9.64 Å². The van der Waals surface area contributed by atoms with Crippen LogP contribution in [0.25, 0.3) is 0 Å². The van der Waals surface area contributed by atoms with Crippen LogP contribution in [0.3, 0.4) is 0 Å². The number of carbonyl (C=O) groups excluding carboxylic acids is 5. The van der Waals surface area contributed by atoms with Crippen molar-refractivity contribution in [3.8, 4) is 5.75 Å². The number of ether oxygens (including phenoxy) is 6. The van der Waals surface area contributed by atoms with E-state index in [1.165, 1.54) is 11.0 Å². The quantitative estimate of drug-likeness (QED) is 0.138. The zero-order valence-corrected chi connectivity index (χ0v) is 20.7. The minimum Gasteiger partial charge on any atom is -0.481 e. The number of morpholine rings is 1. The summed E-state index contributed by atoms with van der Waals surface area (Å²) >= 11 is 0. The van der Waals surface area contributed by atoms with E-state index >= 15 is 0 Å². The van der Waals surface area contributed by atoms with Crippen molar-refractivity contribution in [3.63, 3.8) is 0 Å². The average molecular weight is 541 g/mol. The van der Waals surface area contributed by atoms with Crippen LogP contribution in [-0.4, -0.2) is 99.2 Å². The first-order chi connectivity index (χ1) is 18.1. The molecule has 38 heavy (non-hydrogen) atoms. The van der Waals surface area contributed by atoms with E-state index in [0.29, 0.717) is 26.3 Å². The first kappa shape index (κ1) is 29.8. The number of anilines is 1. The van der Waals surface area contributed by atoms with Crippen LogP contribution in [0.15, 0.2) is 18.2 Å². The molecular formula is C22H27N3O13. The number of hydrogen-bond acceptors (Lipinski definition) is 14. The zero-order valence-electron chi connectivity index (χ0n) is 20.7. The van der Waals surface area contributed by atoms with E-state index in [9.17, 15) is 34.1 Å². The summed E-state index contributed by atoms with van der Waals surface area (Å²) in [6.45, 7) is 0.528. The van der Waals surface area contributed by atoms with Crippen molar-refractivity contribution in [3.05, 3.63) is 28.3 Å². The highest BCUT2D eigenvalue weighted by atomic mass is 16.7. The average Bonchev–Trinajstić information content (AvgIpc) is 2.86. The largest absolute Gasteiger partial charge is 0.481 e. The Morgan fingerprint density at radius 1 is 0.947 bits per heavy atom. The fraction of sp³-hybridized carbons (Fsp3) is 0.500. The Labute approximate surface area is 216 Å². The molecule has 0 spiro atoms. The lowest BCUT2D eigenvalue weighted by Crippen LogP contribution is -2.43. The molecule has 1 aromatic carbocycles. The van der Waals surface area contributed by atoms with Crippen LogP contribution in [0.5, 0.6) is 5.75 Å². The second-order valence-corrected chi connectivity index (χ2v) is 7.59. The number of hydrogen-bond donors (Lipinski definition) is 0. The summed E-state index contributed by atoms with van der Waals surface area (Å²) < 4.78 is 29.5. The summed E-state index contributed by atoms with van der Waals surface area (Å²) in [5.41, 5.74) is -0.364. The topological polar surface area (TPSA) is 190 Å². The van der Waals surface area contributed by atoms with Crippen molar-refractivity contribution < 1.29 is 57.3 Å². The molecule has 0 aromatic heterocycles. The third-order valence-electron chi connectivity index (χ3n) is 4.81. The van der Waals surface area contributed by atoms with Crippen LogP contribution in [0.2, 0.25) is 0 Å². The molecule has 1 saturated heterocycles. The molecule has 0 atom stereocenters. The third-order valence-corrected chi connectivity index (χ3v) is 4.81. The van der Waals surface area contributed by atoms with Gasteiger partial charge in [0.15, 0.2) is 6.61 Å². The number of rotatable bonds is 13. The van der Waals surface area contributed by atoms with E-state index in [1.807, 2.05) is 0 Å². The van der Waals surface area contributed by atoms with Crippen molar-refractivity contribution in [1.29, 1.82) is 0 Å². The summed E-state index contributed by atoms with van der Waals surface area (Å²) in [7, 11) is 0. The second-order valence-electron chi connectivity index (χ2n) is 7.59. The van der Waals surface area contributed by atoms with Gasteiger partial charge in [0.25, 0.3) is 11.6 Å². The number of carbonyl (C=O) groups is 5. The molecule has 0 N–H and O–H groups in total. The Hall–Kier alpha value is -4.47. The summed E-state index contributed by atoms with van der Waals surface area (Å²) in [4.78, 5) is 72.3. The molecule has 0 bridgehead atoms. The van der Waals surface area contributed by atoms with Crippen LogP contribution in [0, 0.1) is 10.1 Å². The number of esters is 4. The van der Waals surface area contributed by atoms with Crippen molar-refractivity contribution in [1.82, 2.24) is 4.90 Å². The maximum absolute atomic E-state index is 12.5. The van der Waals surface area contributed by atoms with Gasteiger partial charge < -0.3 is 38.2 Å². The number of benzene rings is 1.